The first kappa shape index (κ1) is 24.4. The van der Waals surface area contributed by atoms with Crippen LogP contribution in [0.2, 0.25) is 5.02 Å². The number of ether oxygens (including phenoxy) is 1. The second-order valence-electron chi connectivity index (χ2n) is 6.45. The van der Waals surface area contributed by atoms with E-state index in [1.165, 1.54) is 19.1 Å². The molecule has 0 saturated heterocycles. The maximum atomic E-state index is 11.9. The molecule has 0 heterocycles. The molecular weight excluding hydrogens is 440 g/mol. The van der Waals surface area contributed by atoms with E-state index in [0.717, 1.165) is 0 Å². The van der Waals surface area contributed by atoms with Crippen LogP contribution >= 0.6 is 11.6 Å². The summed E-state index contributed by atoms with van der Waals surface area (Å²) in [6, 6.07) is 12.7. The highest BCUT2D eigenvalue weighted by molar-refractivity contribution is 6.33. The van der Waals surface area contributed by atoms with Crippen molar-refractivity contribution in [2.45, 2.75) is 19.8 Å². The molecule has 2 aromatic carbocycles. The van der Waals surface area contributed by atoms with E-state index in [1.54, 1.807) is 36.4 Å². The lowest BCUT2D eigenvalue weighted by molar-refractivity contribution is -0.148. The first-order chi connectivity index (χ1) is 15.2. The van der Waals surface area contributed by atoms with Crippen molar-refractivity contribution in [1.82, 2.24) is 10.9 Å². The fourth-order valence-corrected chi connectivity index (χ4v) is 2.59. The average molecular weight is 461 g/mol. The van der Waals surface area contributed by atoms with E-state index in [2.05, 4.69) is 21.5 Å². The second kappa shape index (κ2) is 12.1. The Hall–Kier alpha value is -3.92. The molecule has 2 rings (SSSR count). The van der Waals surface area contributed by atoms with Gasteiger partial charge in [-0.2, -0.15) is 0 Å². The summed E-state index contributed by atoms with van der Waals surface area (Å²) in [5.41, 5.74) is 5.57. The van der Waals surface area contributed by atoms with Crippen molar-refractivity contribution in [2.75, 3.05) is 17.2 Å². The first-order valence-electron chi connectivity index (χ1n) is 9.41. The molecule has 2 aromatic rings. The predicted molar refractivity (Wildman–Crippen MR) is 117 cm³/mol. The van der Waals surface area contributed by atoms with Crippen LogP contribution in [0.15, 0.2) is 48.5 Å². The molecule has 0 spiro atoms. The molecule has 10 nitrogen and oxygen atoms in total. The van der Waals surface area contributed by atoms with E-state index in [0.29, 0.717) is 11.4 Å². The normalized spacial score (nSPS) is 9.94. The molecule has 4 amide bonds. The van der Waals surface area contributed by atoms with Crippen LogP contribution in [0.3, 0.4) is 0 Å². The summed E-state index contributed by atoms with van der Waals surface area (Å²) in [5.74, 6) is -2.76. The van der Waals surface area contributed by atoms with Crippen LogP contribution in [0.25, 0.3) is 0 Å². The van der Waals surface area contributed by atoms with Crippen LogP contribution in [0.1, 0.15) is 30.1 Å². The molecule has 0 unspecified atom stereocenters. The van der Waals surface area contributed by atoms with E-state index in [1.807, 2.05) is 0 Å². The van der Waals surface area contributed by atoms with E-state index < -0.39 is 30.3 Å². The van der Waals surface area contributed by atoms with Crippen molar-refractivity contribution in [2.24, 2.45) is 0 Å². The van der Waals surface area contributed by atoms with Gasteiger partial charge in [-0.1, -0.05) is 23.7 Å². The van der Waals surface area contributed by atoms with Crippen LogP contribution in [0.4, 0.5) is 11.4 Å². The molecule has 32 heavy (non-hydrogen) atoms. The van der Waals surface area contributed by atoms with Gasteiger partial charge in [0.2, 0.25) is 11.8 Å². The number of amides is 4. The van der Waals surface area contributed by atoms with Crippen molar-refractivity contribution < 1.29 is 28.7 Å². The predicted octanol–water partition coefficient (Wildman–Crippen LogP) is 2.02. The summed E-state index contributed by atoms with van der Waals surface area (Å²) < 4.78 is 4.82. The Balaban J connectivity index is 1.65. The molecule has 0 fully saturated rings. The Bertz CT molecular complexity index is 1010. The van der Waals surface area contributed by atoms with Gasteiger partial charge >= 0.3 is 5.97 Å². The summed E-state index contributed by atoms with van der Waals surface area (Å²) in [4.78, 5) is 58.3. The lowest BCUT2D eigenvalue weighted by Crippen LogP contribution is -2.41. The summed E-state index contributed by atoms with van der Waals surface area (Å²) in [6.45, 7) is 0.849. The van der Waals surface area contributed by atoms with Crippen molar-refractivity contribution in [3.8, 4) is 0 Å². The highest BCUT2D eigenvalue weighted by atomic mass is 35.5. The molecule has 0 aliphatic carbocycles. The van der Waals surface area contributed by atoms with Gasteiger partial charge in [-0.15, -0.1) is 0 Å². The lowest BCUT2D eigenvalue weighted by Gasteiger charge is -2.09. The number of hydrogen-bond donors (Lipinski definition) is 4. The molecule has 168 valence electrons. The van der Waals surface area contributed by atoms with Gasteiger partial charge in [0, 0.05) is 24.7 Å². The van der Waals surface area contributed by atoms with Gasteiger partial charge in [-0.25, -0.2) is 0 Å². The van der Waals surface area contributed by atoms with Crippen LogP contribution < -0.4 is 21.5 Å². The van der Waals surface area contributed by atoms with Crippen LogP contribution in [0.5, 0.6) is 0 Å². The zero-order chi connectivity index (χ0) is 23.5. The van der Waals surface area contributed by atoms with Crippen molar-refractivity contribution in [1.29, 1.82) is 0 Å². The topological polar surface area (TPSA) is 143 Å². The molecule has 0 aliphatic rings. The van der Waals surface area contributed by atoms with E-state index in [4.69, 9.17) is 16.3 Å². The quantitative estimate of drug-likeness (QED) is 0.350. The SMILES string of the molecule is CC(=O)Nc1ccc(NC(=O)COC(=O)CCC(=O)NNC(=O)c2ccccc2Cl)cc1. The van der Waals surface area contributed by atoms with Gasteiger partial charge in [-0.3, -0.25) is 34.8 Å². The van der Waals surface area contributed by atoms with E-state index >= 15 is 0 Å². The first-order valence-corrected chi connectivity index (χ1v) is 9.79. The average Bonchev–Trinajstić information content (AvgIpc) is 2.76. The van der Waals surface area contributed by atoms with Crippen molar-refractivity contribution in [3.63, 3.8) is 0 Å². The summed E-state index contributed by atoms with van der Waals surface area (Å²) in [6.07, 6.45) is -0.541. The summed E-state index contributed by atoms with van der Waals surface area (Å²) in [5, 5.41) is 5.35. The van der Waals surface area contributed by atoms with Gasteiger partial charge in [0.15, 0.2) is 6.61 Å². The third-order valence-electron chi connectivity index (χ3n) is 3.84. The fraction of sp³-hybridized carbons (Fsp3) is 0.190. The largest absolute Gasteiger partial charge is 0.456 e. The van der Waals surface area contributed by atoms with Gasteiger partial charge in [0.05, 0.1) is 17.0 Å². The number of carbonyl (C=O) groups excluding carboxylic acids is 5. The zero-order valence-corrected chi connectivity index (χ0v) is 17.8. The minimum absolute atomic E-state index is 0.185. The number of esters is 1. The maximum absolute atomic E-state index is 11.9. The Morgan fingerprint density at radius 2 is 1.44 bits per heavy atom. The maximum Gasteiger partial charge on any atom is 0.306 e. The fourth-order valence-electron chi connectivity index (χ4n) is 2.37. The Labute approximate surface area is 188 Å². The number of nitrogens with one attached hydrogen (secondary N) is 4. The lowest BCUT2D eigenvalue weighted by atomic mass is 10.2. The summed E-state index contributed by atoms with van der Waals surface area (Å²) in [7, 11) is 0. The number of rotatable bonds is 8. The van der Waals surface area contributed by atoms with Crippen molar-refractivity contribution in [3.05, 3.63) is 59.1 Å². The Morgan fingerprint density at radius 1 is 0.812 bits per heavy atom. The van der Waals surface area contributed by atoms with Gasteiger partial charge < -0.3 is 15.4 Å². The number of benzene rings is 2. The van der Waals surface area contributed by atoms with Gasteiger partial charge in [0.1, 0.15) is 0 Å². The number of carbonyl (C=O) groups is 5. The molecule has 0 aliphatic heterocycles. The van der Waals surface area contributed by atoms with Gasteiger partial charge in [-0.05, 0) is 36.4 Å². The molecule has 0 radical (unpaired) electrons. The number of hydrogen-bond acceptors (Lipinski definition) is 6. The molecule has 0 aromatic heterocycles. The number of anilines is 2. The molecule has 4 N–H and O–H groups in total. The molecule has 0 bridgehead atoms. The van der Waals surface area contributed by atoms with Gasteiger partial charge in [0.25, 0.3) is 11.8 Å². The minimum atomic E-state index is -0.756. The smallest absolute Gasteiger partial charge is 0.306 e. The Morgan fingerprint density at radius 3 is 2.06 bits per heavy atom. The third-order valence-corrected chi connectivity index (χ3v) is 4.17. The second-order valence-corrected chi connectivity index (χ2v) is 6.86. The highest BCUT2D eigenvalue weighted by Gasteiger charge is 2.13. The van der Waals surface area contributed by atoms with E-state index in [-0.39, 0.29) is 29.3 Å². The molecular formula is C21H21ClN4O6. The zero-order valence-electron chi connectivity index (χ0n) is 17.1. The molecule has 11 heteroatoms. The third kappa shape index (κ3) is 8.44. The summed E-state index contributed by atoms with van der Waals surface area (Å²) >= 11 is 5.89. The standard InChI is InChI=1S/C21H21ClN4O6/c1-13(27)23-14-6-8-15(9-7-14)24-19(29)12-32-20(30)11-10-18(28)25-26-21(31)16-4-2-3-5-17(16)22/h2-9H,10-12H2,1H3,(H,23,27)(H,24,29)(H,25,28)(H,26,31). The van der Waals surface area contributed by atoms with Crippen LogP contribution in [-0.4, -0.2) is 36.2 Å². The van der Waals surface area contributed by atoms with Crippen molar-refractivity contribution >= 4 is 52.6 Å². The molecule has 0 atom stereocenters. The minimum Gasteiger partial charge on any atom is -0.456 e. The number of halogens is 1. The van der Waals surface area contributed by atoms with E-state index in [9.17, 15) is 24.0 Å². The van der Waals surface area contributed by atoms with Crippen LogP contribution in [0, 0.1) is 0 Å². The highest BCUT2D eigenvalue weighted by Crippen LogP contribution is 2.14. The monoisotopic (exact) mass is 460 g/mol. The Kier molecular flexibility index (Phi) is 9.18. The molecule has 0 saturated carbocycles. The van der Waals surface area contributed by atoms with Crippen LogP contribution in [-0.2, 0) is 23.9 Å². The number of hydrazine groups is 1.